The number of nitrogens with zero attached hydrogens (tertiary/aromatic N) is 2. The number of aromatic nitrogens is 1. The maximum atomic E-state index is 11.6. The summed E-state index contributed by atoms with van der Waals surface area (Å²) in [6.45, 7) is 2.69. The van der Waals surface area contributed by atoms with Crippen LogP contribution in [0.15, 0.2) is 10.5 Å². The predicted octanol–water partition coefficient (Wildman–Crippen LogP) is 2.18. The van der Waals surface area contributed by atoms with Gasteiger partial charge in [-0.1, -0.05) is 0 Å². The Hall–Kier alpha value is -0.900. The lowest BCUT2D eigenvalue weighted by molar-refractivity contribution is 0.0980. The van der Waals surface area contributed by atoms with E-state index in [4.69, 9.17) is 0 Å². The van der Waals surface area contributed by atoms with Crippen molar-refractivity contribution in [2.45, 2.75) is 13.3 Å². The summed E-state index contributed by atoms with van der Waals surface area (Å²) in [5.41, 5.74) is 1.65. The molecule has 0 spiro atoms. The van der Waals surface area contributed by atoms with Crippen LogP contribution in [-0.2, 0) is 0 Å². The van der Waals surface area contributed by atoms with E-state index in [1.54, 1.807) is 0 Å². The molecule has 0 unspecified atom stereocenters. The van der Waals surface area contributed by atoms with Crippen molar-refractivity contribution in [1.82, 2.24) is 4.98 Å². The molecular weight excluding hydrogens is 244 g/mol. The van der Waals surface area contributed by atoms with Crippen molar-refractivity contribution in [3.05, 3.63) is 21.8 Å². The molecule has 74 valence electrons. The molecule has 2 heterocycles. The number of carbonyl (C=O) groups is 1. The molecule has 0 radical (unpaired) electrons. The molecule has 3 nitrogen and oxygen atoms in total. The Morgan fingerprint density at radius 1 is 1.57 bits per heavy atom. The van der Waals surface area contributed by atoms with E-state index in [1.807, 2.05) is 24.9 Å². The van der Waals surface area contributed by atoms with Gasteiger partial charge in [-0.15, -0.1) is 0 Å². The summed E-state index contributed by atoms with van der Waals surface area (Å²) in [5.74, 6) is 0.994. The van der Waals surface area contributed by atoms with Crippen LogP contribution in [0.2, 0.25) is 0 Å². The van der Waals surface area contributed by atoms with Gasteiger partial charge in [0.2, 0.25) is 0 Å². The molecule has 1 aromatic heterocycles. The Morgan fingerprint density at radius 3 is 3.00 bits per heavy atom. The highest BCUT2D eigenvalue weighted by molar-refractivity contribution is 9.10. The first kappa shape index (κ1) is 9.65. The third kappa shape index (κ3) is 1.43. The summed E-state index contributed by atoms with van der Waals surface area (Å²) in [6, 6.07) is 1.87. The van der Waals surface area contributed by atoms with Crippen molar-refractivity contribution in [3.63, 3.8) is 0 Å². The average molecular weight is 255 g/mol. The summed E-state index contributed by atoms with van der Waals surface area (Å²) in [6.07, 6.45) is 0.584. The molecule has 4 heteroatoms. The third-order valence-corrected chi connectivity index (χ3v) is 3.27. The highest BCUT2D eigenvalue weighted by Gasteiger charge is 2.22. The Labute approximate surface area is 91.3 Å². The van der Waals surface area contributed by atoms with Gasteiger partial charge in [0.15, 0.2) is 5.78 Å². The molecule has 14 heavy (non-hydrogen) atoms. The number of pyridine rings is 1. The second-order valence-electron chi connectivity index (χ2n) is 3.52. The first-order chi connectivity index (χ1) is 6.59. The Morgan fingerprint density at radius 2 is 2.29 bits per heavy atom. The maximum absolute atomic E-state index is 11.6. The van der Waals surface area contributed by atoms with Crippen molar-refractivity contribution < 1.29 is 4.79 Å². The van der Waals surface area contributed by atoms with Crippen molar-refractivity contribution >= 4 is 27.5 Å². The van der Waals surface area contributed by atoms with E-state index in [2.05, 4.69) is 20.9 Å². The molecule has 0 N–H and O–H groups in total. The number of aryl methyl sites for hydroxylation is 1. The molecule has 0 saturated carbocycles. The number of anilines is 1. The molecular formula is C10H11BrN2O. The van der Waals surface area contributed by atoms with E-state index in [9.17, 15) is 4.79 Å². The molecule has 0 bridgehead atoms. The monoisotopic (exact) mass is 254 g/mol. The number of carbonyl (C=O) groups excluding carboxylic acids is 1. The van der Waals surface area contributed by atoms with Crippen LogP contribution in [0.25, 0.3) is 0 Å². The van der Waals surface area contributed by atoms with Crippen LogP contribution < -0.4 is 4.90 Å². The second kappa shape index (κ2) is 3.35. The smallest absolute Gasteiger partial charge is 0.168 e. The number of halogens is 1. The maximum Gasteiger partial charge on any atom is 0.168 e. The Bertz CT molecular complexity index is 403. The number of hydrogen-bond donors (Lipinski definition) is 0. The van der Waals surface area contributed by atoms with Gasteiger partial charge in [-0.3, -0.25) is 4.79 Å². The number of rotatable bonds is 0. The molecule has 0 amide bonds. The zero-order valence-corrected chi connectivity index (χ0v) is 9.76. The van der Waals surface area contributed by atoms with Gasteiger partial charge in [0.25, 0.3) is 0 Å². The largest absolute Gasteiger partial charge is 0.359 e. The van der Waals surface area contributed by atoms with E-state index in [-0.39, 0.29) is 5.78 Å². The minimum atomic E-state index is 0.186. The van der Waals surface area contributed by atoms with E-state index in [0.29, 0.717) is 6.42 Å². The summed E-state index contributed by atoms with van der Waals surface area (Å²) in [4.78, 5) is 18.0. The van der Waals surface area contributed by atoms with Crippen LogP contribution in [-0.4, -0.2) is 24.4 Å². The lowest BCUT2D eigenvalue weighted by atomic mass is 10.0. The predicted molar refractivity (Wildman–Crippen MR) is 58.9 cm³/mol. The molecule has 0 fully saturated rings. The minimum absolute atomic E-state index is 0.186. The van der Waals surface area contributed by atoms with Gasteiger partial charge >= 0.3 is 0 Å². The van der Waals surface area contributed by atoms with Crippen molar-refractivity contribution in [3.8, 4) is 0 Å². The molecule has 0 aliphatic carbocycles. The zero-order chi connectivity index (χ0) is 10.3. The Kier molecular flexibility index (Phi) is 2.31. The number of fused-ring (bicyclic) bond motifs is 1. The first-order valence-electron chi connectivity index (χ1n) is 4.51. The van der Waals surface area contributed by atoms with Crippen LogP contribution in [0.1, 0.15) is 22.5 Å². The fraction of sp³-hybridized carbons (Fsp3) is 0.400. The van der Waals surface area contributed by atoms with Crippen LogP contribution in [0.4, 0.5) is 5.82 Å². The molecule has 1 aliphatic heterocycles. The Balaban J connectivity index is 2.62. The molecule has 2 rings (SSSR count). The van der Waals surface area contributed by atoms with Gasteiger partial charge in [-0.25, -0.2) is 4.98 Å². The topological polar surface area (TPSA) is 33.2 Å². The third-order valence-electron chi connectivity index (χ3n) is 2.47. The lowest BCUT2D eigenvalue weighted by Gasteiger charge is -2.25. The lowest BCUT2D eigenvalue weighted by Crippen LogP contribution is -2.29. The van der Waals surface area contributed by atoms with Crippen molar-refractivity contribution in [2.24, 2.45) is 0 Å². The fourth-order valence-corrected chi connectivity index (χ4v) is 1.89. The zero-order valence-electron chi connectivity index (χ0n) is 8.17. The summed E-state index contributed by atoms with van der Waals surface area (Å²) in [7, 11) is 1.96. The fourth-order valence-electron chi connectivity index (χ4n) is 1.57. The molecule has 1 aliphatic rings. The van der Waals surface area contributed by atoms with E-state index in [1.165, 1.54) is 0 Å². The number of Topliss-reactive ketones (excluding diaryl/α,β-unsaturated/α-hetero) is 1. The quantitative estimate of drug-likeness (QED) is 0.712. The van der Waals surface area contributed by atoms with Crippen LogP contribution in [0.5, 0.6) is 0 Å². The molecule has 0 atom stereocenters. The second-order valence-corrected chi connectivity index (χ2v) is 4.38. The first-order valence-corrected chi connectivity index (χ1v) is 5.30. The number of hydrogen-bond acceptors (Lipinski definition) is 3. The average Bonchev–Trinajstić information content (AvgIpc) is 2.15. The van der Waals surface area contributed by atoms with Gasteiger partial charge in [0.1, 0.15) is 5.82 Å². The molecule has 0 saturated heterocycles. The highest BCUT2D eigenvalue weighted by atomic mass is 79.9. The van der Waals surface area contributed by atoms with Gasteiger partial charge < -0.3 is 4.90 Å². The number of ketones is 1. The highest BCUT2D eigenvalue weighted by Crippen LogP contribution is 2.28. The van der Waals surface area contributed by atoms with Crippen molar-refractivity contribution in [2.75, 3.05) is 18.5 Å². The standard InChI is InChI=1S/C10H11BrN2O/c1-6-8(11)5-7-9(14)3-4-13(2)10(7)12-6/h5H,3-4H2,1-2H3. The SMILES string of the molecule is Cc1nc2c(cc1Br)C(=O)CCN2C. The summed E-state index contributed by atoms with van der Waals surface area (Å²) < 4.78 is 0.903. The van der Waals surface area contributed by atoms with Gasteiger partial charge in [0.05, 0.1) is 11.3 Å². The van der Waals surface area contributed by atoms with E-state index in [0.717, 1.165) is 28.1 Å². The van der Waals surface area contributed by atoms with Crippen molar-refractivity contribution in [1.29, 1.82) is 0 Å². The summed E-state index contributed by atoms with van der Waals surface area (Å²) >= 11 is 3.39. The van der Waals surface area contributed by atoms with Gasteiger partial charge in [0, 0.05) is 24.5 Å². The van der Waals surface area contributed by atoms with Crippen LogP contribution in [0.3, 0.4) is 0 Å². The summed E-state index contributed by atoms with van der Waals surface area (Å²) in [5, 5.41) is 0. The van der Waals surface area contributed by atoms with Crippen LogP contribution in [0, 0.1) is 6.92 Å². The normalized spacial score (nSPS) is 15.6. The molecule has 0 aromatic carbocycles. The minimum Gasteiger partial charge on any atom is -0.359 e. The van der Waals surface area contributed by atoms with Gasteiger partial charge in [-0.05, 0) is 28.9 Å². The molecule has 1 aromatic rings. The van der Waals surface area contributed by atoms with E-state index < -0.39 is 0 Å². The van der Waals surface area contributed by atoms with E-state index >= 15 is 0 Å². The van der Waals surface area contributed by atoms with Gasteiger partial charge in [-0.2, -0.15) is 0 Å². The van der Waals surface area contributed by atoms with Crippen LogP contribution >= 0.6 is 15.9 Å².